The summed E-state index contributed by atoms with van der Waals surface area (Å²) in [5.74, 6) is 0.705. The van der Waals surface area contributed by atoms with E-state index >= 15 is 0 Å². The summed E-state index contributed by atoms with van der Waals surface area (Å²) < 4.78 is 6.02. The third-order valence-corrected chi connectivity index (χ3v) is 3.46. The summed E-state index contributed by atoms with van der Waals surface area (Å²) in [7, 11) is 1.61. The highest BCUT2D eigenvalue weighted by molar-refractivity contribution is 9.10. The highest BCUT2D eigenvalue weighted by atomic mass is 79.9. The van der Waals surface area contributed by atoms with Crippen LogP contribution in [0.4, 0.5) is 0 Å². The number of benzene rings is 1. The quantitative estimate of drug-likeness (QED) is 0.843. The second-order valence-corrected chi connectivity index (χ2v) is 5.43. The molecule has 0 spiro atoms. The maximum Gasteiger partial charge on any atom is 0.220 e. The van der Waals surface area contributed by atoms with Gasteiger partial charge < -0.3 is 15.2 Å². The van der Waals surface area contributed by atoms with E-state index in [1.54, 1.807) is 14.0 Å². The minimum absolute atomic E-state index is 0.0552. The van der Waals surface area contributed by atoms with Crippen LogP contribution in [-0.4, -0.2) is 24.2 Å². The Kier molecular flexibility index (Phi) is 6.31. The summed E-state index contributed by atoms with van der Waals surface area (Å²) in [6.45, 7) is 3.60. The van der Waals surface area contributed by atoms with Crippen LogP contribution in [0.25, 0.3) is 0 Å². The molecule has 4 nitrogen and oxygen atoms in total. The minimum atomic E-state index is -0.448. The number of ether oxygens (including phenoxy) is 1. The Morgan fingerprint density at radius 2 is 2.16 bits per heavy atom. The maximum absolute atomic E-state index is 11.7. The van der Waals surface area contributed by atoms with Gasteiger partial charge in [0.05, 0.1) is 23.7 Å². The highest BCUT2D eigenvalue weighted by Crippen LogP contribution is 2.27. The number of nitrogens with one attached hydrogen (secondary N) is 1. The van der Waals surface area contributed by atoms with Crippen molar-refractivity contribution in [3.8, 4) is 5.75 Å². The van der Waals surface area contributed by atoms with E-state index in [2.05, 4.69) is 21.2 Å². The Morgan fingerprint density at radius 1 is 1.47 bits per heavy atom. The van der Waals surface area contributed by atoms with Gasteiger partial charge in [-0.2, -0.15) is 0 Å². The van der Waals surface area contributed by atoms with Crippen LogP contribution in [0, 0.1) is 0 Å². The molecule has 2 N–H and O–H groups in total. The molecule has 2 atom stereocenters. The Bertz CT molecular complexity index is 435. The molecule has 1 aromatic rings. The van der Waals surface area contributed by atoms with E-state index < -0.39 is 6.10 Å². The van der Waals surface area contributed by atoms with Crippen molar-refractivity contribution in [2.75, 3.05) is 7.11 Å². The lowest BCUT2D eigenvalue weighted by Gasteiger charge is -2.16. The smallest absolute Gasteiger partial charge is 0.220 e. The molecule has 2 unspecified atom stereocenters. The number of aliphatic hydroxyl groups is 1. The third-order valence-electron chi connectivity index (χ3n) is 2.84. The van der Waals surface area contributed by atoms with Crippen LogP contribution >= 0.6 is 15.9 Å². The molecular formula is C14H20BrNO3. The third kappa shape index (κ3) is 5.20. The van der Waals surface area contributed by atoms with Crippen LogP contribution in [0.2, 0.25) is 0 Å². The largest absolute Gasteiger partial charge is 0.496 e. The van der Waals surface area contributed by atoms with Crippen LogP contribution in [0.1, 0.15) is 38.3 Å². The molecule has 106 valence electrons. The predicted octanol–water partition coefficient (Wildman–Crippen LogP) is 2.80. The molecule has 1 aromatic carbocycles. The molecule has 0 bridgehead atoms. The lowest BCUT2D eigenvalue weighted by molar-refractivity contribution is -0.122. The summed E-state index contributed by atoms with van der Waals surface area (Å²) in [4.78, 5) is 11.7. The van der Waals surface area contributed by atoms with Gasteiger partial charge in [0.15, 0.2) is 0 Å². The first kappa shape index (κ1) is 16.0. The van der Waals surface area contributed by atoms with Gasteiger partial charge in [-0.25, -0.2) is 0 Å². The van der Waals surface area contributed by atoms with Gasteiger partial charge in [0.25, 0.3) is 0 Å². The Balaban J connectivity index is 2.60. The first-order valence-corrected chi connectivity index (χ1v) is 7.04. The number of hydrogen-bond acceptors (Lipinski definition) is 3. The lowest BCUT2D eigenvalue weighted by atomic mass is 10.1. The van der Waals surface area contributed by atoms with Gasteiger partial charge in [0.2, 0.25) is 5.91 Å². The van der Waals surface area contributed by atoms with Crippen LogP contribution in [0.5, 0.6) is 5.75 Å². The van der Waals surface area contributed by atoms with E-state index in [1.807, 2.05) is 25.1 Å². The molecular weight excluding hydrogens is 310 g/mol. The summed E-state index contributed by atoms with van der Waals surface area (Å²) in [5.41, 5.74) is 0.998. The number of amides is 1. The number of aliphatic hydroxyl groups excluding tert-OH is 1. The normalized spacial score (nSPS) is 13.7. The van der Waals surface area contributed by atoms with Crippen molar-refractivity contribution >= 4 is 21.8 Å². The fraction of sp³-hybridized carbons (Fsp3) is 0.500. The van der Waals surface area contributed by atoms with Crippen LogP contribution in [-0.2, 0) is 4.79 Å². The van der Waals surface area contributed by atoms with Crippen LogP contribution in [0.15, 0.2) is 22.7 Å². The molecule has 0 saturated carbocycles. The number of hydrogen-bond donors (Lipinski definition) is 2. The Hall–Kier alpha value is -1.07. The zero-order valence-corrected chi connectivity index (χ0v) is 13.0. The number of methoxy groups -OCH3 is 1. The molecule has 0 aliphatic heterocycles. The van der Waals surface area contributed by atoms with E-state index in [0.717, 1.165) is 15.8 Å². The van der Waals surface area contributed by atoms with E-state index in [4.69, 9.17) is 9.84 Å². The average molecular weight is 330 g/mol. The van der Waals surface area contributed by atoms with Crippen molar-refractivity contribution in [2.45, 2.75) is 38.8 Å². The average Bonchev–Trinajstić information content (AvgIpc) is 2.36. The number of carbonyl (C=O) groups excluding carboxylic acids is 1. The summed E-state index contributed by atoms with van der Waals surface area (Å²) in [6, 6.07) is 5.63. The zero-order valence-electron chi connectivity index (χ0n) is 11.4. The Morgan fingerprint density at radius 3 is 2.68 bits per heavy atom. The molecule has 1 amide bonds. The maximum atomic E-state index is 11.7. The standard InChI is InChI=1S/C14H20BrNO3/c1-9(17)4-7-14(18)16-10(2)11-5-6-13(19-3)12(15)8-11/h5-6,8-10,17H,4,7H2,1-3H3,(H,16,18). The van der Waals surface area contributed by atoms with Crippen molar-refractivity contribution < 1.29 is 14.6 Å². The van der Waals surface area contributed by atoms with Gasteiger partial charge in [-0.3, -0.25) is 4.79 Å². The fourth-order valence-corrected chi connectivity index (χ4v) is 2.25. The lowest BCUT2D eigenvalue weighted by Crippen LogP contribution is -2.27. The molecule has 0 aliphatic rings. The summed E-state index contributed by atoms with van der Waals surface area (Å²) >= 11 is 3.42. The van der Waals surface area contributed by atoms with Gasteiger partial charge in [-0.05, 0) is 53.9 Å². The van der Waals surface area contributed by atoms with Crippen molar-refractivity contribution in [3.05, 3.63) is 28.2 Å². The van der Waals surface area contributed by atoms with E-state index in [9.17, 15) is 4.79 Å². The first-order chi connectivity index (χ1) is 8.93. The van der Waals surface area contributed by atoms with Gasteiger partial charge in [-0.1, -0.05) is 6.07 Å². The zero-order chi connectivity index (χ0) is 14.4. The first-order valence-electron chi connectivity index (χ1n) is 6.25. The molecule has 0 saturated heterocycles. The fourth-order valence-electron chi connectivity index (χ4n) is 1.69. The van der Waals surface area contributed by atoms with Crippen LogP contribution < -0.4 is 10.1 Å². The monoisotopic (exact) mass is 329 g/mol. The second kappa shape index (κ2) is 7.50. The van der Waals surface area contributed by atoms with E-state index in [-0.39, 0.29) is 11.9 Å². The van der Waals surface area contributed by atoms with E-state index in [0.29, 0.717) is 12.8 Å². The Labute approximate surface area is 122 Å². The molecule has 0 fully saturated rings. The molecule has 0 aromatic heterocycles. The van der Waals surface area contributed by atoms with E-state index in [1.165, 1.54) is 0 Å². The summed E-state index contributed by atoms with van der Waals surface area (Å²) in [5, 5.41) is 12.1. The SMILES string of the molecule is COc1ccc(C(C)NC(=O)CCC(C)O)cc1Br. The molecule has 19 heavy (non-hydrogen) atoms. The summed E-state index contributed by atoms with van der Waals surface area (Å²) in [6.07, 6.45) is 0.362. The molecule has 0 radical (unpaired) electrons. The van der Waals surface area contributed by atoms with Crippen molar-refractivity contribution in [2.24, 2.45) is 0 Å². The van der Waals surface area contributed by atoms with Gasteiger partial charge >= 0.3 is 0 Å². The minimum Gasteiger partial charge on any atom is -0.496 e. The van der Waals surface area contributed by atoms with Crippen molar-refractivity contribution in [3.63, 3.8) is 0 Å². The van der Waals surface area contributed by atoms with Gasteiger partial charge in [-0.15, -0.1) is 0 Å². The van der Waals surface area contributed by atoms with Crippen molar-refractivity contribution in [1.29, 1.82) is 0 Å². The topological polar surface area (TPSA) is 58.6 Å². The number of rotatable bonds is 6. The second-order valence-electron chi connectivity index (χ2n) is 4.57. The molecule has 0 aliphatic carbocycles. The van der Waals surface area contributed by atoms with Crippen molar-refractivity contribution in [1.82, 2.24) is 5.32 Å². The number of halogens is 1. The molecule has 5 heteroatoms. The molecule has 1 rings (SSSR count). The molecule has 0 heterocycles. The van der Waals surface area contributed by atoms with Crippen LogP contribution in [0.3, 0.4) is 0 Å². The predicted molar refractivity (Wildman–Crippen MR) is 78.2 cm³/mol. The number of carbonyl (C=O) groups is 1. The van der Waals surface area contributed by atoms with Gasteiger partial charge in [0.1, 0.15) is 5.75 Å². The highest BCUT2D eigenvalue weighted by Gasteiger charge is 2.12. The van der Waals surface area contributed by atoms with Gasteiger partial charge in [0, 0.05) is 6.42 Å².